The quantitative estimate of drug-likeness (QED) is 0.525. The molecule has 0 aromatic heterocycles. The Hall–Kier alpha value is -3.61. The Morgan fingerprint density at radius 3 is 2.25 bits per heavy atom. The summed E-state index contributed by atoms with van der Waals surface area (Å²) in [5.41, 5.74) is 4.62. The molecular formula is C25H26N2O5. The smallest absolute Gasteiger partial charge is 0.407 e. The van der Waals surface area contributed by atoms with Crippen LogP contribution in [0.4, 0.5) is 4.79 Å². The molecule has 0 radical (unpaired) electrons. The van der Waals surface area contributed by atoms with E-state index < -0.39 is 12.1 Å². The lowest BCUT2D eigenvalue weighted by Crippen LogP contribution is -2.37. The first-order valence-corrected chi connectivity index (χ1v) is 10.8. The number of ether oxygens (including phenoxy) is 1. The number of carboxylic acids is 1. The molecule has 166 valence electrons. The van der Waals surface area contributed by atoms with Crippen molar-refractivity contribution in [3.63, 3.8) is 0 Å². The minimum Gasteiger partial charge on any atom is -0.481 e. The number of nitrogens with one attached hydrogen (secondary N) is 2. The second-order valence-electron chi connectivity index (χ2n) is 8.16. The van der Waals surface area contributed by atoms with Crippen LogP contribution < -0.4 is 10.6 Å². The Labute approximate surface area is 186 Å². The van der Waals surface area contributed by atoms with Gasteiger partial charge in [-0.05, 0) is 41.0 Å². The molecule has 1 fully saturated rings. The molecule has 2 aliphatic carbocycles. The fourth-order valence-electron chi connectivity index (χ4n) is 4.21. The molecule has 2 aliphatic rings. The molecule has 0 bridgehead atoms. The van der Waals surface area contributed by atoms with E-state index in [0.29, 0.717) is 0 Å². The van der Waals surface area contributed by atoms with Crippen molar-refractivity contribution >= 4 is 18.0 Å². The zero-order valence-electron chi connectivity index (χ0n) is 17.6. The van der Waals surface area contributed by atoms with Gasteiger partial charge in [-0.15, -0.1) is 0 Å². The predicted octanol–water partition coefficient (Wildman–Crippen LogP) is 3.45. The second-order valence-corrected chi connectivity index (χ2v) is 8.16. The van der Waals surface area contributed by atoms with Crippen LogP contribution in [0.1, 0.15) is 36.3 Å². The van der Waals surface area contributed by atoms with Crippen LogP contribution in [0.15, 0.2) is 60.7 Å². The lowest BCUT2D eigenvalue weighted by Gasteiger charge is -2.15. The maximum absolute atomic E-state index is 12.1. The Morgan fingerprint density at radius 2 is 1.66 bits per heavy atom. The average Bonchev–Trinajstić information content (AvgIpc) is 3.58. The number of carbonyl (C=O) groups excluding carboxylic acids is 2. The van der Waals surface area contributed by atoms with Crippen molar-refractivity contribution in [1.82, 2.24) is 10.6 Å². The highest BCUT2D eigenvalue weighted by atomic mass is 16.5. The van der Waals surface area contributed by atoms with Crippen LogP contribution in [-0.4, -0.2) is 42.3 Å². The van der Waals surface area contributed by atoms with Crippen molar-refractivity contribution in [1.29, 1.82) is 0 Å². The fraction of sp³-hybridized carbons (Fsp3) is 0.320. The SMILES string of the molecule is O=C(O)CC(NC(=O)/C=C/CNC(=O)OCC1c2ccccc2-c2ccccc21)C1CC1. The van der Waals surface area contributed by atoms with E-state index >= 15 is 0 Å². The van der Waals surface area contributed by atoms with Crippen molar-refractivity contribution in [2.24, 2.45) is 5.92 Å². The molecule has 1 saturated carbocycles. The molecule has 7 nitrogen and oxygen atoms in total. The van der Waals surface area contributed by atoms with E-state index in [1.807, 2.05) is 24.3 Å². The summed E-state index contributed by atoms with van der Waals surface area (Å²) in [5.74, 6) is -1.06. The maximum atomic E-state index is 12.1. The van der Waals surface area contributed by atoms with Crippen molar-refractivity contribution in [2.75, 3.05) is 13.2 Å². The molecule has 1 atom stereocenters. The number of fused-ring (bicyclic) bond motifs is 3. The summed E-state index contributed by atoms with van der Waals surface area (Å²) in [7, 11) is 0. The van der Waals surface area contributed by atoms with E-state index in [2.05, 4.69) is 34.9 Å². The van der Waals surface area contributed by atoms with Crippen LogP contribution in [0.3, 0.4) is 0 Å². The van der Waals surface area contributed by atoms with Gasteiger partial charge < -0.3 is 20.5 Å². The van der Waals surface area contributed by atoms with Crippen molar-refractivity contribution in [3.05, 3.63) is 71.8 Å². The summed E-state index contributed by atoms with van der Waals surface area (Å²) in [5, 5.41) is 14.3. The molecule has 0 heterocycles. The largest absolute Gasteiger partial charge is 0.481 e. The molecule has 32 heavy (non-hydrogen) atoms. The van der Waals surface area contributed by atoms with E-state index in [-0.39, 0.29) is 43.4 Å². The van der Waals surface area contributed by atoms with E-state index in [4.69, 9.17) is 9.84 Å². The first-order chi connectivity index (χ1) is 15.5. The molecule has 0 aliphatic heterocycles. The lowest BCUT2D eigenvalue weighted by atomic mass is 9.98. The number of aliphatic carboxylic acids is 1. The Kier molecular flexibility index (Phi) is 6.54. The van der Waals surface area contributed by atoms with Gasteiger partial charge in [0.2, 0.25) is 5.91 Å². The lowest BCUT2D eigenvalue weighted by molar-refractivity contribution is -0.137. The molecule has 1 unspecified atom stereocenters. The molecule has 0 saturated heterocycles. The number of benzene rings is 2. The number of amides is 2. The van der Waals surface area contributed by atoms with Crippen molar-refractivity contribution in [3.8, 4) is 11.1 Å². The number of hydrogen-bond acceptors (Lipinski definition) is 4. The molecule has 2 amide bonds. The number of alkyl carbamates (subject to hydrolysis) is 1. The third-order valence-corrected chi connectivity index (χ3v) is 5.89. The standard InChI is InChI=1S/C25H26N2O5/c28-23(27-22(14-24(29)30)16-11-12-16)10-5-13-26-25(31)32-15-21-19-8-3-1-6-17(19)18-7-2-4-9-20(18)21/h1-10,16,21-22H,11-15H2,(H,26,31)(H,27,28)(H,29,30)/b10-5+. The third-order valence-electron chi connectivity index (χ3n) is 5.89. The highest BCUT2D eigenvalue weighted by Crippen LogP contribution is 2.44. The van der Waals surface area contributed by atoms with Crippen LogP contribution in [-0.2, 0) is 14.3 Å². The van der Waals surface area contributed by atoms with Gasteiger partial charge in [-0.2, -0.15) is 0 Å². The zero-order valence-corrected chi connectivity index (χ0v) is 17.6. The third kappa shape index (κ3) is 5.17. The summed E-state index contributed by atoms with van der Waals surface area (Å²) < 4.78 is 5.44. The van der Waals surface area contributed by atoms with Gasteiger partial charge in [0.15, 0.2) is 0 Å². The van der Waals surface area contributed by atoms with Crippen molar-refractivity contribution < 1.29 is 24.2 Å². The number of rotatable bonds is 9. The molecule has 7 heteroatoms. The maximum Gasteiger partial charge on any atom is 0.407 e. The summed E-state index contributed by atoms with van der Waals surface area (Å²) in [6, 6.07) is 15.9. The van der Waals surface area contributed by atoms with E-state index in [1.165, 1.54) is 23.3 Å². The minimum absolute atomic E-state index is 0.0111. The van der Waals surface area contributed by atoms with Gasteiger partial charge in [0.25, 0.3) is 0 Å². The summed E-state index contributed by atoms with van der Waals surface area (Å²) >= 11 is 0. The van der Waals surface area contributed by atoms with Gasteiger partial charge in [-0.3, -0.25) is 9.59 Å². The van der Waals surface area contributed by atoms with Gasteiger partial charge in [-0.25, -0.2) is 4.79 Å². The summed E-state index contributed by atoms with van der Waals surface area (Å²) in [6.07, 6.45) is 4.06. The second kappa shape index (κ2) is 9.68. The van der Waals surface area contributed by atoms with Crippen LogP contribution >= 0.6 is 0 Å². The molecule has 3 N–H and O–H groups in total. The molecule has 4 rings (SSSR count). The minimum atomic E-state index is -0.928. The van der Waals surface area contributed by atoms with E-state index in [1.54, 1.807) is 0 Å². The van der Waals surface area contributed by atoms with Gasteiger partial charge in [-0.1, -0.05) is 54.6 Å². The van der Waals surface area contributed by atoms with Crippen LogP contribution in [0, 0.1) is 5.92 Å². The van der Waals surface area contributed by atoms with Gasteiger partial charge >= 0.3 is 12.1 Å². The average molecular weight is 434 g/mol. The Bertz CT molecular complexity index is 999. The van der Waals surface area contributed by atoms with E-state index in [9.17, 15) is 14.4 Å². The number of carbonyl (C=O) groups is 3. The summed E-state index contributed by atoms with van der Waals surface area (Å²) in [4.78, 5) is 35.1. The van der Waals surface area contributed by atoms with Gasteiger partial charge in [0.05, 0.1) is 6.42 Å². The molecule has 2 aromatic rings. The van der Waals surface area contributed by atoms with Gasteiger partial charge in [0.1, 0.15) is 6.61 Å². The fourth-order valence-corrected chi connectivity index (χ4v) is 4.21. The Balaban J connectivity index is 1.24. The van der Waals surface area contributed by atoms with Crippen LogP contribution in [0.2, 0.25) is 0 Å². The molecule has 0 spiro atoms. The normalized spacial score (nSPS) is 15.6. The Morgan fingerprint density at radius 1 is 1.03 bits per heavy atom. The predicted molar refractivity (Wildman–Crippen MR) is 119 cm³/mol. The molecular weight excluding hydrogens is 408 g/mol. The van der Waals surface area contributed by atoms with E-state index in [0.717, 1.165) is 24.0 Å². The zero-order chi connectivity index (χ0) is 22.5. The van der Waals surface area contributed by atoms with Crippen LogP contribution in [0.25, 0.3) is 11.1 Å². The number of carboxylic acid groups (broad SMARTS) is 1. The summed E-state index contributed by atoms with van der Waals surface area (Å²) in [6.45, 7) is 0.361. The monoisotopic (exact) mass is 434 g/mol. The van der Waals surface area contributed by atoms with Crippen molar-refractivity contribution in [2.45, 2.75) is 31.2 Å². The highest BCUT2D eigenvalue weighted by molar-refractivity contribution is 5.88. The van der Waals surface area contributed by atoms with Crippen LogP contribution in [0.5, 0.6) is 0 Å². The topological polar surface area (TPSA) is 105 Å². The highest BCUT2D eigenvalue weighted by Gasteiger charge is 2.33. The first-order valence-electron chi connectivity index (χ1n) is 10.8. The molecule has 2 aromatic carbocycles. The van der Waals surface area contributed by atoms with Gasteiger partial charge in [0, 0.05) is 24.6 Å². The first kappa shape index (κ1) is 21.6. The number of hydrogen-bond donors (Lipinski definition) is 3.